The van der Waals surface area contributed by atoms with Crippen molar-refractivity contribution in [3.63, 3.8) is 0 Å². The highest BCUT2D eigenvalue weighted by atomic mass is 16.7. The van der Waals surface area contributed by atoms with E-state index in [-0.39, 0.29) is 68.9 Å². The summed E-state index contributed by atoms with van der Waals surface area (Å²) >= 11 is 0. The third-order valence-electron chi connectivity index (χ3n) is 10.1. The third kappa shape index (κ3) is 8.44. The molecule has 4 rings (SSSR count). The Morgan fingerprint density at radius 1 is 1.02 bits per heavy atom. The van der Waals surface area contributed by atoms with Gasteiger partial charge >= 0.3 is 11.9 Å². The maximum absolute atomic E-state index is 13.8. The predicted octanol–water partition coefficient (Wildman–Crippen LogP) is 3.92. The van der Waals surface area contributed by atoms with E-state index >= 15 is 0 Å². The lowest BCUT2D eigenvalue weighted by Gasteiger charge is -2.44. The van der Waals surface area contributed by atoms with Gasteiger partial charge in [-0.3, -0.25) is 24.0 Å². The molecule has 1 aromatic carbocycles. The highest BCUT2D eigenvalue weighted by Gasteiger charge is 2.50. The summed E-state index contributed by atoms with van der Waals surface area (Å²) in [6.45, 7) is 13.2. The second-order valence-electron chi connectivity index (χ2n) is 14.1. The average molecular weight is 768 g/mol. The Hall–Kier alpha value is -5.09. The first-order chi connectivity index (χ1) is 25.7. The number of allylic oxidation sites excluding steroid dienone is 6. The molecule has 1 fully saturated rings. The summed E-state index contributed by atoms with van der Waals surface area (Å²) in [6, 6.07) is 0. The monoisotopic (exact) mass is 767 g/mol. The lowest BCUT2D eigenvalue weighted by molar-refractivity contribution is -0.262. The fourth-order valence-electron chi connectivity index (χ4n) is 6.98. The van der Waals surface area contributed by atoms with E-state index in [0.29, 0.717) is 5.57 Å². The van der Waals surface area contributed by atoms with Gasteiger partial charge in [-0.2, -0.15) is 0 Å². The summed E-state index contributed by atoms with van der Waals surface area (Å²) < 4.78 is 27.6. The molecule has 0 saturated carbocycles. The van der Waals surface area contributed by atoms with Crippen molar-refractivity contribution in [3.05, 3.63) is 69.2 Å². The quantitative estimate of drug-likeness (QED) is 0.0708. The number of fused-ring (bicyclic) bond motifs is 3. The predicted molar refractivity (Wildman–Crippen MR) is 197 cm³/mol. The van der Waals surface area contributed by atoms with Crippen LogP contribution >= 0.6 is 0 Å². The van der Waals surface area contributed by atoms with Crippen LogP contribution < -0.4 is 10.1 Å². The van der Waals surface area contributed by atoms with Gasteiger partial charge in [0.2, 0.25) is 6.79 Å². The van der Waals surface area contributed by atoms with Crippen LogP contribution in [0.15, 0.2) is 52.5 Å². The number of methoxy groups -OCH3 is 1. The molecule has 1 saturated heterocycles. The van der Waals surface area contributed by atoms with Gasteiger partial charge in [-0.15, -0.1) is 0 Å². The highest BCUT2D eigenvalue weighted by Crippen LogP contribution is 2.52. The van der Waals surface area contributed by atoms with Crippen molar-refractivity contribution in [2.24, 2.45) is 23.7 Å². The number of phenols is 1. The molecular formula is C40H49NO14. The molecule has 15 nitrogen and oxygen atoms in total. The number of benzene rings is 1. The number of ketones is 2. The summed E-state index contributed by atoms with van der Waals surface area (Å²) in [5.41, 5.74) is 0.454. The summed E-state index contributed by atoms with van der Waals surface area (Å²) in [4.78, 5) is 64.2. The molecule has 0 spiro atoms. The second kappa shape index (κ2) is 17.1. The standard InChI is InChI=1S/C40H49NO14/c1-16(30(44)21(6)37-28(40(50)51-10)32(46)23(8)39(49)55-37)12-11-13-17(2)38(48)41-29-20(5)36(54-24(9)43)25-26(33(29)47)31(45)22(7)35-27(25)34(52-15-53-35)18(3)14-19(4)42/h11-14,16,21,23,28,30,32,37,39,44,46-47,49H,15H2,1-10H3,(H,41,48)/b12-11+,17-13+,18-14+. The number of carbonyl (C=O) groups excluding carboxylic acids is 5. The molecule has 2 heterocycles. The van der Waals surface area contributed by atoms with Crippen LogP contribution in [-0.2, 0) is 38.1 Å². The number of anilines is 1. The molecule has 1 amide bonds. The zero-order valence-electron chi connectivity index (χ0n) is 32.5. The van der Waals surface area contributed by atoms with E-state index in [2.05, 4.69) is 5.32 Å². The second-order valence-corrected chi connectivity index (χ2v) is 14.1. The topological polar surface area (TPSA) is 224 Å². The number of aromatic hydroxyl groups is 1. The van der Waals surface area contributed by atoms with E-state index in [4.69, 9.17) is 23.7 Å². The fraction of sp³-hybridized carbons (Fsp3) is 0.475. The number of aliphatic hydroxyl groups is 3. The number of Topliss-reactive ketones (excluding diaryl/α,β-unsaturated/α-hetero) is 1. The Labute approximate surface area is 318 Å². The Kier molecular flexibility index (Phi) is 13.3. The van der Waals surface area contributed by atoms with Crippen LogP contribution in [0.2, 0.25) is 0 Å². The SMILES string of the molecule is COC(=O)C1C(O)C(C)C(O)OC1C(C)C(O)C(C)/C=C/C=C(\C)C(=O)Nc1c(C)c(OC(C)=O)c2c(c1O)C(=O)C(C)=C1OCOC(/C(C)=C/C(C)=O)=C12. The molecular weight excluding hydrogens is 718 g/mol. The maximum atomic E-state index is 13.8. The van der Waals surface area contributed by atoms with Crippen LogP contribution in [-0.4, -0.2) is 88.3 Å². The van der Waals surface area contributed by atoms with Crippen molar-refractivity contribution in [2.45, 2.75) is 86.9 Å². The smallest absolute Gasteiger partial charge is 0.313 e. The normalized spacial score (nSPS) is 24.6. The molecule has 5 N–H and O–H groups in total. The summed E-state index contributed by atoms with van der Waals surface area (Å²) in [7, 11) is 1.17. The Morgan fingerprint density at radius 2 is 1.67 bits per heavy atom. The van der Waals surface area contributed by atoms with E-state index in [0.717, 1.165) is 6.92 Å². The van der Waals surface area contributed by atoms with Crippen molar-refractivity contribution in [2.75, 3.05) is 19.2 Å². The number of hydrogen-bond acceptors (Lipinski definition) is 14. The van der Waals surface area contributed by atoms with E-state index < -0.39 is 77.7 Å². The van der Waals surface area contributed by atoms with Crippen LogP contribution in [0.3, 0.4) is 0 Å². The Balaban J connectivity index is 1.66. The number of phenolic OH excluding ortho intramolecular Hbond substituents is 1. The van der Waals surface area contributed by atoms with Crippen LogP contribution in [0.5, 0.6) is 11.5 Å². The zero-order valence-corrected chi connectivity index (χ0v) is 32.5. The molecule has 0 bridgehead atoms. The fourth-order valence-corrected chi connectivity index (χ4v) is 6.98. The van der Waals surface area contributed by atoms with Gasteiger partial charge in [-0.05, 0) is 46.3 Å². The van der Waals surface area contributed by atoms with Gasteiger partial charge in [-0.25, -0.2) is 0 Å². The van der Waals surface area contributed by atoms with Crippen LogP contribution in [0.25, 0.3) is 5.57 Å². The van der Waals surface area contributed by atoms with Gasteiger partial charge in [0, 0.05) is 47.0 Å². The number of hydrogen-bond donors (Lipinski definition) is 5. The van der Waals surface area contributed by atoms with Gasteiger partial charge < -0.3 is 49.4 Å². The number of aliphatic hydroxyl groups excluding tert-OH is 3. The van der Waals surface area contributed by atoms with Gasteiger partial charge in [-0.1, -0.05) is 39.0 Å². The number of nitrogens with one attached hydrogen (secondary N) is 1. The summed E-state index contributed by atoms with van der Waals surface area (Å²) in [6.07, 6.45) is 1.10. The van der Waals surface area contributed by atoms with Crippen molar-refractivity contribution in [1.29, 1.82) is 0 Å². The van der Waals surface area contributed by atoms with Gasteiger partial charge in [0.05, 0.1) is 42.2 Å². The molecule has 0 radical (unpaired) electrons. The Bertz CT molecular complexity index is 1930. The number of esters is 2. The number of ether oxygens (including phenoxy) is 5. The van der Waals surface area contributed by atoms with Crippen molar-refractivity contribution < 1.29 is 68.1 Å². The minimum absolute atomic E-state index is 0.00756. The van der Waals surface area contributed by atoms with Crippen LogP contribution in [0, 0.1) is 30.6 Å². The average Bonchev–Trinajstić information content (AvgIpc) is 3.13. The van der Waals surface area contributed by atoms with E-state index in [1.165, 1.54) is 60.0 Å². The van der Waals surface area contributed by atoms with E-state index in [1.54, 1.807) is 26.8 Å². The highest BCUT2D eigenvalue weighted by molar-refractivity contribution is 6.21. The molecule has 1 aliphatic carbocycles. The van der Waals surface area contributed by atoms with Crippen molar-refractivity contribution in [3.8, 4) is 11.5 Å². The number of carbonyl (C=O) groups is 5. The molecule has 298 valence electrons. The van der Waals surface area contributed by atoms with Gasteiger partial charge in [0.15, 0.2) is 23.6 Å². The number of amides is 1. The molecule has 8 unspecified atom stereocenters. The van der Waals surface area contributed by atoms with Crippen molar-refractivity contribution in [1.82, 2.24) is 0 Å². The molecule has 3 aliphatic rings. The lowest BCUT2D eigenvalue weighted by atomic mass is 9.76. The molecule has 55 heavy (non-hydrogen) atoms. The van der Waals surface area contributed by atoms with Crippen LogP contribution in [0.1, 0.15) is 76.9 Å². The third-order valence-corrected chi connectivity index (χ3v) is 10.1. The summed E-state index contributed by atoms with van der Waals surface area (Å²) in [5.74, 6) is -6.78. The first kappa shape index (κ1) is 42.6. The minimum atomic E-state index is -1.37. The van der Waals surface area contributed by atoms with E-state index in [9.17, 15) is 44.4 Å². The van der Waals surface area contributed by atoms with E-state index in [1.807, 2.05) is 0 Å². The largest absolute Gasteiger partial charge is 0.505 e. The van der Waals surface area contributed by atoms with Crippen LogP contribution in [0.4, 0.5) is 5.69 Å². The molecule has 0 aromatic heterocycles. The Morgan fingerprint density at radius 3 is 2.27 bits per heavy atom. The lowest BCUT2D eigenvalue weighted by Crippen LogP contribution is -2.57. The maximum Gasteiger partial charge on any atom is 0.313 e. The minimum Gasteiger partial charge on any atom is -0.505 e. The van der Waals surface area contributed by atoms with Gasteiger partial charge in [0.1, 0.15) is 23.2 Å². The summed E-state index contributed by atoms with van der Waals surface area (Å²) in [5, 5.41) is 46.5. The molecule has 8 atom stereocenters. The van der Waals surface area contributed by atoms with Crippen molar-refractivity contribution >= 4 is 40.7 Å². The molecule has 15 heteroatoms. The number of rotatable bonds is 11. The van der Waals surface area contributed by atoms with Gasteiger partial charge in [0.25, 0.3) is 5.91 Å². The first-order valence-electron chi connectivity index (χ1n) is 17.7. The first-order valence-corrected chi connectivity index (χ1v) is 17.7. The zero-order chi connectivity index (χ0) is 41.2. The molecule has 1 aromatic rings. The molecule has 2 aliphatic heterocycles.